The summed E-state index contributed by atoms with van der Waals surface area (Å²) in [4.78, 5) is 11.4. The first-order valence-electron chi connectivity index (χ1n) is 7.95. The van der Waals surface area contributed by atoms with Crippen LogP contribution < -0.4 is 14.8 Å². The molecule has 116 valence electrons. The smallest absolute Gasteiger partial charge is 0.311 e. The summed E-state index contributed by atoms with van der Waals surface area (Å²) in [5.41, 5.74) is 0. The molecule has 1 atom stereocenters. The zero-order chi connectivity index (χ0) is 14.9. The first-order valence-corrected chi connectivity index (χ1v) is 7.95. The Morgan fingerprint density at radius 2 is 2.00 bits per heavy atom. The van der Waals surface area contributed by atoms with Gasteiger partial charge < -0.3 is 14.8 Å². The molecule has 0 aromatic heterocycles. The number of ether oxygens (including phenoxy) is 2. The summed E-state index contributed by atoms with van der Waals surface area (Å²) < 4.78 is 10.9. The minimum absolute atomic E-state index is 0.186. The van der Waals surface area contributed by atoms with Crippen LogP contribution >= 0.6 is 0 Å². The molecule has 21 heavy (non-hydrogen) atoms. The van der Waals surface area contributed by atoms with Crippen LogP contribution in [0.4, 0.5) is 0 Å². The van der Waals surface area contributed by atoms with Gasteiger partial charge >= 0.3 is 5.97 Å². The van der Waals surface area contributed by atoms with Crippen molar-refractivity contribution in [2.75, 3.05) is 13.2 Å². The van der Waals surface area contributed by atoms with E-state index in [0.717, 1.165) is 25.1 Å². The zero-order valence-corrected chi connectivity index (χ0v) is 12.8. The van der Waals surface area contributed by atoms with Gasteiger partial charge in [-0.2, -0.15) is 0 Å². The van der Waals surface area contributed by atoms with Crippen molar-refractivity contribution >= 4 is 5.97 Å². The molecule has 0 bridgehead atoms. The lowest BCUT2D eigenvalue weighted by atomic mass is 10.0. The van der Waals surface area contributed by atoms with E-state index >= 15 is 0 Å². The Balaban J connectivity index is 1.70. The van der Waals surface area contributed by atoms with Crippen LogP contribution in [0.25, 0.3) is 0 Å². The molecule has 1 aromatic carbocycles. The van der Waals surface area contributed by atoms with E-state index in [0.29, 0.717) is 24.8 Å². The van der Waals surface area contributed by atoms with Crippen LogP contribution in [0, 0.1) is 0 Å². The number of nitrogens with one attached hydrogen (secondary N) is 1. The Morgan fingerprint density at radius 1 is 1.24 bits per heavy atom. The molecule has 1 unspecified atom stereocenters. The highest BCUT2D eigenvalue weighted by atomic mass is 16.5. The summed E-state index contributed by atoms with van der Waals surface area (Å²) in [6.45, 7) is 3.80. The molecular weight excluding hydrogens is 266 g/mol. The number of esters is 1. The first kappa shape index (κ1) is 15.8. The number of benzene rings is 1. The van der Waals surface area contributed by atoms with E-state index in [1.807, 2.05) is 19.1 Å². The van der Waals surface area contributed by atoms with Crippen molar-refractivity contribution in [1.29, 1.82) is 0 Å². The molecule has 0 amide bonds. The van der Waals surface area contributed by atoms with E-state index in [1.54, 1.807) is 12.1 Å². The third-order valence-corrected chi connectivity index (χ3v) is 3.66. The van der Waals surface area contributed by atoms with Gasteiger partial charge in [-0.3, -0.25) is 4.79 Å². The fourth-order valence-electron chi connectivity index (χ4n) is 2.48. The molecule has 0 saturated carbocycles. The van der Waals surface area contributed by atoms with Gasteiger partial charge in [-0.25, -0.2) is 0 Å². The maximum atomic E-state index is 11.4. The molecule has 1 aliphatic rings. The molecular formula is C17H25NO3. The third kappa shape index (κ3) is 5.76. The van der Waals surface area contributed by atoms with Gasteiger partial charge in [0.1, 0.15) is 11.5 Å². The molecule has 1 aliphatic heterocycles. The van der Waals surface area contributed by atoms with E-state index < -0.39 is 0 Å². The number of carbonyl (C=O) groups excluding carboxylic acids is 1. The van der Waals surface area contributed by atoms with Crippen LogP contribution in [0.5, 0.6) is 11.5 Å². The Labute approximate surface area is 126 Å². The molecule has 1 heterocycles. The van der Waals surface area contributed by atoms with Gasteiger partial charge in [0.2, 0.25) is 0 Å². The van der Waals surface area contributed by atoms with E-state index in [1.165, 1.54) is 19.3 Å². The molecule has 0 spiro atoms. The van der Waals surface area contributed by atoms with Crippen molar-refractivity contribution in [3.8, 4) is 11.5 Å². The number of hydrogen-bond acceptors (Lipinski definition) is 4. The molecule has 1 fully saturated rings. The molecule has 1 N–H and O–H groups in total. The zero-order valence-electron chi connectivity index (χ0n) is 12.8. The summed E-state index contributed by atoms with van der Waals surface area (Å²) >= 11 is 0. The molecule has 1 saturated heterocycles. The third-order valence-electron chi connectivity index (χ3n) is 3.66. The van der Waals surface area contributed by atoms with Gasteiger partial charge in [0, 0.05) is 12.5 Å². The van der Waals surface area contributed by atoms with E-state index in [-0.39, 0.29) is 5.97 Å². The first-order chi connectivity index (χ1) is 10.3. The summed E-state index contributed by atoms with van der Waals surface area (Å²) in [6.07, 6.45) is 6.13. The second-order valence-corrected chi connectivity index (χ2v) is 5.48. The molecule has 1 aromatic rings. The molecule has 2 rings (SSSR count). The number of rotatable bonds is 7. The fourth-order valence-corrected chi connectivity index (χ4v) is 2.48. The SMILES string of the molecule is CCCC(=O)Oc1ccc(OCCC2CCCCN2)cc1. The second kappa shape index (κ2) is 8.67. The van der Waals surface area contributed by atoms with Crippen molar-refractivity contribution in [2.45, 2.75) is 51.5 Å². The highest BCUT2D eigenvalue weighted by molar-refractivity contribution is 5.72. The maximum Gasteiger partial charge on any atom is 0.311 e. The topological polar surface area (TPSA) is 47.6 Å². The van der Waals surface area contributed by atoms with Crippen LogP contribution in [0.15, 0.2) is 24.3 Å². The lowest BCUT2D eigenvalue weighted by Gasteiger charge is -2.23. The quantitative estimate of drug-likeness (QED) is 0.618. The molecule has 4 nitrogen and oxygen atoms in total. The average molecular weight is 291 g/mol. The van der Waals surface area contributed by atoms with Crippen LogP contribution in [-0.4, -0.2) is 25.2 Å². The van der Waals surface area contributed by atoms with Gasteiger partial charge in [-0.15, -0.1) is 0 Å². The highest BCUT2D eigenvalue weighted by Crippen LogP contribution is 2.19. The Hall–Kier alpha value is -1.55. The highest BCUT2D eigenvalue weighted by Gasteiger charge is 2.12. The minimum Gasteiger partial charge on any atom is -0.494 e. The van der Waals surface area contributed by atoms with Crippen molar-refractivity contribution < 1.29 is 14.3 Å². The number of hydrogen-bond donors (Lipinski definition) is 1. The van der Waals surface area contributed by atoms with Crippen molar-refractivity contribution in [3.63, 3.8) is 0 Å². The van der Waals surface area contributed by atoms with Crippen molar-refractivity contribution in [3.05, 3.63) is 24.3 Å². The summed E-state index contributed by atoms with van der Waals surface area (Å²) in [6, 6.07) is 7.85. The van der Waals surface area contributed by atoms with E-state index in [9.17, 15) is 4.79 Å². The molecule has 0 radical (unpaired) electrons. The standard InChI is InChI=1S/C17H25NO3/c1-2-5-17(19)21-16-9-7-15(8-10-16)20-13-11-14-6-3-4-12-18-14/h7-10,14,18H,2-6,11-13H2,1H3. The van der Waals surface area contributed by atoms with Crippen LogP contribution in [0.2, 0.25) is 0 Å². The number of piperidine rings is 1. The summed E-state index contributed by atoms with van der Waals surface area (Å²) in [5.74, 6) is 1.21. The maximum absolute atomic E-state index is 11.4. The minimum atomic E-state index is -0.186. The predicted molar refractivity (Wildman–Crippen MR) is 82.7 cm³/mol. The second-order valence-electron chi connectivity index (χ2n) is 5.48. The lowest BCUT2D eigenvalue weighted by molar-refractivity contribution is -0.134. The summed E-state index contributed by atoms with van der Waals surface area (Å²) in [5, 5.41) is 3.51. The normalized spacial score (nSPS) is 18.2. The van der Waals surface area contributed by atoms with Crippen LogP contribution in [0.1, 0.15) is 45.4 Å². The average Bonchev–Trinajstić information content (AvgIpc) is 2.50. The Bertz CT molecular complexity index is 424. The van der Waals surface area contributed by atoms with Gasteiger partial charge in [0.05, 0.1) is 6.61 Å². The summed E-state index contributed by atoms with van der Waals surface area (Å²) in [7, 11) is 0. The Kier molecular flexibility index (Phi) is 6.54. The van der Waals surface area contributed by atoms with Gasteiger partial charge in [-0.1, -0.05) is 13.3 Å². The lowest BCUT2D eigenvalue weighted by Crippen LogP contribution is -2.35. The number of carbonyl (C=O) groups is 1. The van der Waals surface area contributed by atoms with Crippen LogP contribution in [0.3, 0.4) is 0 Å². The van der Waals surface area contributed by atoms with Crippen molar-refractivity contribution in [1.82, 2.24) is 5.32 Å². The van der Waals surface area contributed by atoms with E-state index in [4.69, 9.17) is 9.47 Å². The monoisotopic (exact) mass is 291 g/mol. The largest absolute Gasteiger partial charge is 0.494 e. The molecule has 4 heteroatoms. The van der Waals surface area contributed by atoms with Gasteiger partial charge in [-0.05, 0) is 56.5 Å². The molecule has 0 aliphatic carbocycles. The van der Waals surface area contributed by atoms with Gasteiger partial charge in [0.25, 0.3) is 0 Å². The van der Waals surface area contributed by atoms with Gasteiger partial charge in [0.15, 0.2) is 0 Å². The Morgan fingerprint density at radius 3 is 2.67 bits per heavy atom. The fraction of sp³-hybridized carbons (Fsp3) is 0.588. The van der Waals surface area contributed by atoms with Crippen molar-refractivity contribution in [2.24, 2.45) is 0 Å². The van der Waals surface area contributed by atoms with E-state index in [2.05, 4.69) is 5.32 Å². The van der Waals surface area contributed by atoms with Crippen LogP contribution in [-0.2, 0) is 4.79 Å². The predicted octanol–water partition coefficient (Wildman–Crippen LogP) is 3.30.